The number of nitrogens with one attached hydrogen (secondary N) is 2. The van der Waals surface area contributed by atoms with E-state index in [9.17, 15) is 13.2 Å². The van der Waals surface area contributed by atoms with E-state index in [1.807, 2.05) is 31.2 Å². The van der Waals surface area contributed by atoms with Crippen molar-refractivity contribution >= 4 is 44.4 Å². The average Bonchev–Trinajstić information content (AvgIpc) is 3.23. The SMILES string of the molecule is Cc1ccccc1NC(=O)C1CCC(CNS(=O)(=O)c2cccc3nsnc23)CC1. The highest BCUT2D eigenvalue weighted by atomic mass is 32.2. The highest BCUT2D eigenvalue weighted by Crippen LogP contribution is 2.30. The van der Waals surface area contributed by atoms with Gasteiger partial charge in [0.15, 0.2) is 0 Å². The predicted octanol–water partition coefficient (Wildman–Crippen LogP) is 3.72. The van der Waals surface area contributed by atoms with Crippen molar-refractivity contribution in [1.82, 2.24) is 13.5 Å². The van der Waals surface area contributed by atoms with Crippen molar-refractivity contribution in [2.24, 2.45) is 11.8 Å². The van der Waals surface area contributed by atoms with E-state index < -0.39 is 10.0 Å². The first-order chi connectivity index (χ1) is 14.4. The number of amides is 1. The zero-order valence-electron chi connectivity index (χ0n) is 16.7. The fourth-order valence-electron chi connectivity index (χ4n) is 3.88. The molecule has 0 saturated heterocycles. The van der Waals surface area contributed by atoms with Crippen LogP contribution in [0.3, 0.4) is 0 Å². The first-order valence-electron chi connectivity index (χ1n) is 10.0. The first-order valence-corrected chi connectivity index (χ1v) is 12.2. The number of aryl methyl sites for hydroxylation is 1. The number of sulfonamides is 1. The molecule has 0 atom stereocenters. The van der Waals surface area contributed by atoms with Gasteiger partial charge in [0.05, 0.1) is 11.7 Å². The van der Waals surface area contributed by atoms with Crippen LogP contribution in [0.2, 0.25) is 0 Å². The average molecular weight is 445 g/mol. The molecule has 1 aliphatic rings. The van der Waals surface area contributed by atoms with Crippen LogP contribution >= 0.6 is 11.7 Å². The third-order valence-corrected chi connectivity index (χ3v) is 7.72. The van der Waals surface area contributed by atoms with E-state index in [-0.39, 0.29) is 22.6 Å². The van der Waals surface area contributed by atoms with Gasteiger partial charge in [-0.2, -0.15) is 8.75 Å². The molecule has 2 aromatic carbocycles. The molecule has 1 amide bonds. The maximum absolute atomic E-state index is 12.8. The molecule has 158 valence electrons. The molecule has 2 N–H and O–H groups in total. The van der Waals surface area contributed by atoms with Gasteiger partial charge >= 0.3 is 0 Å². The third-order valence-electron chi connectivity index (χ3n) is 5.72. The number of carbonyl (C=O) groups excluding carboxylic acids is 1. The Morgan fingerprint density at radius 1 is 1.07 bits per heavy atom. The fraction of sp³-hybridized carbons (Fsp3) is 0.381. The van der Waals surface area contributed by atoms with Crippen LogP contribution in [0.4, 0.5) is 5.69 Å². The number of para-hydroxylation sites is 1. The Hall–Kier alpha value is -2.36. The highest BCUT2D eigenvalue weighted by molar-refractivity contribution is 7.89. The largest absolute Gasteiger partial charge is 0.326 e. The molecule has 0 unspecified atom stereocenters. The zero-order valence-corrected chi connectivity index (χ0v) is 18.3. The molecule has 1 aromatic heterocycles. The Morgan fingerprint density at radius 3 is 2.60 bits per heavy atom. The van der Waals surface area contributed by atoms with Gasteiger partial charge in [-0.25, -0.2) is 13.1 Å². The lowest BCUT2D eigenvalue weighted by molar-refractivity contribution is -0.121. The Labute approximate surface area is 180 Å². The van der Waals surface area contributed by atoms with Crippen LogP contribution in [0.1, 0.15) is 31.2 Å². The summed E-state index contributed by atoms with van der Waals surface area (Å²) in [7, 11) is -3.66. The van der Waals surface area contributed by atoms with Gasteiger partial charge in [0.1, 0.15) is 15.9 Å². The van der Waals surface area contributed by atoms with Gasteiger partial charge < -0.3 is 5.32 Å². The monoisotopic (exact) mass is 444 g/mol. The lowest BCUT2D eigenvalue weighted by Gasteiger charge is -2.28. The summed E-state index contributed by atoms with van der Waals surface area (Å²) in [6.45, 7) is 2.34. The maximum atomic E-state index is 12.8. The summed E-state index contributed by atoms with van der Waals surface area (Å²) >= 11 is 1.00. The molecule has 0 radical (unpaired) electrons. The number of carbonyl (C=O) groups is 1. The van der Waals surface area contributed by atoms with Gasteiger partial charge in [-0.15, -0.1) is 0 Å². The summed E-state index contributed by atoms with van der Waals surface area (Å²) in [5.41, 5.74) is 2.89. The number of benzene rings is 2. The minimum absolute atomic E-state index is 0.0349. The van der Waals surface area contributed by atoms with Crippen molar-refractivity contribution in [3.63, 3.8) is 0 Å². The molecule has 7 nitrogen and oxygen atoms in total. The molecule has 1 saturated carbocycles. The normalized spacial score (nSPS) is 19.6. The van der Waals surface area contributed by atoms with Crippen LogP contribution in [0.5, 0.6) is 0 Å². The summed E-state index contributed by atoms with van der Waals surface area (Å²) in [6.07, 6.45) is 3.15. The maximum Gasteiger partial charge on any atom is 0.242 e. The van der Waals surface area contributed by atoms with E-state index in [1.165, 1.54) is 0 Å². The van der Waals surface area contributed by atoms with Crippen molar-refractivity contribution in [3.05, 3.63) is 48.0 Å². The molecule has 0 aliphatic heterocycles. The van der Waals surface area contributed by atoms with Crippen molar-refractivity contribution in [2.75, 3.05) is 11.9 Å². The standard InChI is InChI=1S/C21H24N4O3S2/c1-14-5-2-3-6-17(14)23-21(26)16-11-9-15(10-12-16)13-22-30(27,28)19-8-4-7-18-20(19)25-29-24-18/h2-8,15-16,22H,9-13H2,1H3,(H,23,26). The van der Waals surface area contributed by atoms with Crippen LogP contribution in [-0.4, -0.2) is 29.6 Å². The van der Waals surface area contributed by atoms with Gasteiger partial charge in [0, 0.05) is 18.2 Å². The topological polar surface area (TPSA) is 101 Å². The van der Waals surface area contributed by atoms with Crippen LogP contribution in [-0.2, 0) is 14.8 Å². The molecule has 3 aromatic rings. The van der Waals surface area contributed by atoms with E-state index in [2.05, 4.69) is 18.8 Å². The summed E-state index contributed by atoms with van der Waals surface area (Å²) in [6, 6.07) is 12.7. The van der Waals surface area contributed by atoms with Gasteiger partial charge in [0.25, 0.3) is 0 Å². The highest BCUT2D eigenvalue weighted by Gasteiger charge is 2.28. The summed E-state index contributed by atoms with van der Waals surface area (Å²) in [5.74, 6) is 0.230. The molecule has 0 bridgehead atoms. The van der Waals surface area contributed by atoms with Crippen molar-refractivity contribution in [2.45, 2.75) is 37.5 Å². The molecule has 1 fully saturated rings. The number of fused-ring (bicyclic) bond motifs is 1. The van der Waals surface area contributed by atoms with Gasteiger partial charge in [-0.1, -0.05) is 24.3 Å². The summed E-state index contributed by atoms with van der Waals surface area (Å²) < 4.78 is 36.5. The van der Waals surface area contributed by atoms with Crippen LogP contribution in [0.25, 0.3) is 11.0 Å². The Kier molecular flexibility index (Phi) is 6.12. The minimum atomic E-state index is -3.66. The second-order valence-corrected chi connectivity index (χ2v) is 10.0. The lowest BCUT2D eigenvalue weighted by Crippen LogP contribution is -2.33. The van der Waals surface area contributed by atoms with Crippen molar-refractivity contribution < 1.29 is 13.2 Å². The molecule has 30 heavy (non-hydrogen) atoms. The molecule has 0 spiro atoms. The third kappa shape index (κ3) is 4.53. The second-order valence-electron chi connectivity index (χ2n) is 7.76. The molecular formula is C21H24N4O3S2. The van der Waals surface area contributed by atoms with Crippen molar-refractivity contribution in [3.8, 4) is 0 Å². The second kappa shape index (κ2) is 8.79. The smallest absolute Gasteiger partial charge is 0.242 e. The lowest BCUT2D eigenvalue weighted by atomic mass is 9.81. The number of aromatic nitrogens is 2. The Balaban J connectivity index is 1.31. The molecule has 1 heterocycles. The summed E-state index contributed by atoms with van der Waals surface area (Å²) in [5, 5.41) is 3.02. The first kappa shape index (κ1) is 20.9. The van der Waals surface area contributed by atoms with E-state index in [0.717, 1.165) is 48.7 Å². The van der Waals surface area contributed by atoms with Crippen LogP contribution < -0.4 is 10.0 Å². The Morgan fingerprint density at radius 2 is 1.83 bits per heavy atom. The zero-order chi connectivity index (χ0) is 21.1. The molecule has 1 aliphatic carbocycles. The number of anilines is 1. The van der Waals surface area contributed by atoms with Crippen molar-refractivity contribution in [1.29, 1.82) is 0 Å². The number of rotatable bonds is 6. The summed E-state index contributed by atoms with van der Waals surface area (Å²) in [4.78, 5) is 12.8. The van der Waals surface area contributed by atoms with Gasteiger partial charge in [-0.3, -0.25) is 4.79 Å². The van der Waals surface area contributed by atoms with E-state index in [1.54, 1.807) is 18.2 Å². The predicted molar refractivity (Wildman–Crippen MR) is 118 cm³/mol. The molecule has 9 heteroatoms. The number of hydrogen-bond acceptors (Lipinski definition) is 6. The quantitative estimate of drug-likeness (QED) is 0.603. The van der Waals surface area contributed by atoms with Crippen LogP contribution in [0, 0.1) is 18.8 Å². The molecular weight excluding hydrogens is 420 g/mol. The Bertz CT molecular complexity index is 1150. The van der Waals surface area contributed by atoms with E-state index in [0.29, 0.717) is 17.6 Å². The minimum Gasteiger partial charge on any atom is -0.326 e. The number of hydrogen-bond donors (Lipinski definition) is 2. The fourth-order valence-corrected chi connectivity index (χ4v) is 5.76. The van der Waals surface area contributed by atoms with Gasteiger partial charge in [-0.05, 0) is 62.3 Å². The van der Waals surface area contributed by atoms with Gasteiger partial charge in [0.2, 0.25) is 15.9 Å². The van der Waals surface area contributed by atoms with Crippen LogP contribution in [0.15, 0.2) is 47.4 Å². The van der Waals surface area contributed by atoms with E-state index in [4.69, 9.17) is 0 Å². The van der Waals surface area contributed by atoms with E-state index >= 15 is 0 Å². The molecule has 4 rings (SSSR count). The number of nitrogens with zero attached hydrogens (tertiary/aromatic N) is 2.